The second-order valence-electron chi connectivity index (χ2n) is 6.77. The van der Waals surface area contributed by atoms with Crippen molar-refractivity contribution in [3.63, 3.8) is 0 Å². The topological polar surface area (TPSA) is 55.7 Å². The van der Waals surface area contributed by atoms with E-state index in [2.05, 4.69) is 27.5 Å². The second-order valence-corrected chi connectivity index (χ2v) is 8.12. The van der Waals surface area contributed by atoms with Crippen LogP contribution in [-0.2, 0) is 0 Å². The lowest BCUT2D eigenvalue weighted by Gasteiger charge is -2.30. The summed E-state index contributed by atoms with van der Waals surface area (Å²) in [5.74, 6) is 1.19. The number of H-pyrrole nitrogens is 1. The van der Waals surface area contributed by atoms with Crippen LogP contribution in [0.5, 0.6) is 0 Å². The summed E-state index contributed by atoms with van der Waals surface area (Å²) in [4.78, 5) is 0. The van der Waals surface area contributed by atoms with Crippen LogP contribution in [0.4, 0.5) is 4.39 Å². The first-order valence-corrected chi connectivity index (χ1v) is 10.2. The Balaban J connectivity index is 1.75. The molecule has 1 aliphatic rings. The number of benzene rings is 2. The van der Waals surface area contributed by atoms with E-state index in [4.69, 9.17) is 0 Å². The van der Waals surface area contributed by atoms with E-state index in [1.165, 1.54) is 6.07 Å². The molecule has 27 heavy (non-hydrogen) atoms. The zero-order valence-corrected chi connectivity index (χ0v) is 16.0. The number of hydrogen-bond acceptors (Lipinski definition) is 4. The second kappa shape index (κ2) is 7.71. The standard InChI is InChI=1S/C21H21FN4S/c1-2-27-26-9-7-14(8-10-26)20-18-12-15(17-5-3-4-6-19(17)22)11-16(13-23)21(18)25-24-20/h3-6,11-12,14H,2,7-10H2,1H3,(H,24,25). The molecule has 1 saturated heterocycles. The molecule has 0 unspecified atom stereocenters. The Morgan fingerprint density at radius 1 is 1.30 bits per heavy atom. The molecule has 0 spiro atoms. The minimum absolute atomic E-state index is 0.282. The van der Waals surface area contributed by atoms with Crippen molar-refractivity contribution in [3.8, 4) is 17.2 Å². The fourth-order valence-corrected chi connectivity index (χ4v) is 4.67. The quantitative estimate of drug-likeness (QED) is 0.641. The molecule has 1 N–H and O–H groups in total. The van der Waals surface area contributed by atoms with Crippen LogP contribution >= 0.6 is 11.9 Å². The molecule has 0 saturated carbocycles. The first kappa shape index (κ1) is 18.0. The molecule has 2 aromatic carbocycles. The molecule has 1 fully saturated rings. The lowest BCUT2D eigenvalue weighted by atomic mass is 9.91. The van der Waals surface area contributed by atoms with E-state index in [0.717, 1.165) is 48.3 Å². The van der Waals surface area contributed by atoms with Crippen molar-refractivity contribution in [2.75, 3.05) is 18.8 Å². The van der Waals surface area contributed by atoms with E-state index in [1.807, 2.05) is 24.1 Å². The van der Waals surface area contributed by atoms with Crippen molar-refractivity contribution in [2.45, 2.75) is 25.7 Å². The Kier molecular flexibility index (Phi) is 5.15. The average Bonchev–Trinajstić information content (AvgIpc) is 3.12. The fraction of sp³-hybridized carbons (Fsp3) is 0.333. The van der Waals surface area contributed by atoms with E-state index >= 15 is 0 Å². The smallest absolute Gasteiger partial charge is 0.131 e. The van der Waals surface area contributed by atoms with E-state index < -0.39 is 0 Å². The lowest BCUT2D eigenvalue weighted by Crippen LogP contribution is -2.27. The highest BCUT2D eigenvalue weighted by Crippen LogP contribution is 2.36. The normalized spacial score (nSPS) is 15.9. The van der Waals surface area contributed by atoms with Gasteiger partial charge in [0.2, 0.25) is 0 Å². The number of aromatic amines is 1. The van der Waals surface area contributed by atoms with Gasteiger partial charge in [-0.05, 0) is 36.6 Å². The predicted octanol–water partition coefficient (Wildman–Crippen LogP) is 5.09. The average molecular weight is 380 g/mol. The number of aromatic nitrogens is 2. The van der Waals surface area contributed by atoms with Crippen LogP contribution in [0, 0.1) is 17.1 Å². The molecule has 3 aromatic rings. The highest BCUT2D eigenvalue weighted by molar-refractivity contribution is 7.96. The maximum absolute atomic E-state index is 14.3. The van der Waals surface area contributed by atoms with Crippen LogP contribution in [0.1, 0.15) is 36.9 Å². The van der Waals surface area contributed by atoms with Gasteiger partial charge >= 0.3 is 0 Å². The summed E-state index contributed by atoms with van der Waals surface area (Å²) in [5, 5.41) is 18.1. The van der Waals surface area contributed by atoms with Gasteiger partial charge in [0.15, 0.2) is 0 Å². The maximum atomic E-state index is 14.3. The van der Waals surface area contributed by atoms with Crippen LogP contribution in [-0.4, -0.2) is 33.3 Å². The monoisotopic (exact) mass is 380 g/mol. The Morgan fingerprint density at radius 2 is 2.07 bits per heavy atom. The van der Waals surface area contributed by atoms with Gasteiger partial charge in [0, 0.05) is 41.4 Å². The number of nitrogens with zero attached hydrogens (tertiary/aromatic N) is 3. The van der Waals surface area contributed by atoms with Crippen molar-refractivity contribution < 1.29 is 4.39 Å². The van der Waals surface area contributed by atoms with Crippen LogP contribution < -0.4 is 0 Å². The summed E-state index contributed by atoms with van der Waals surface area (Å²) in [5.41, 5.74) is 3.46. The Morgan fingerprint density at radius 3 is 2.78 bits per heavy atom. The minimum atomic E-state index is -0.282. The van der Waals surface area contributed by atoms with Gasteiger partial charge < -0.3 is 0 Å². The zero-order valence-electron chi connectivity index (χ0n) is 15.2. The summed E-state index contributed by atoms with van der Waals surface area (Å²) in [6.45, 7) is 4.26. The summed E-state index contributed by atoms with van der Waals surface area (Å²) in [6, 6.07) is 12.6. The molecule has 1 aromatic heterocycles. The number of fused-ring (bicyclic) bond motifs is 1. The lowest BCUT2D eigenvalue weighted by molar-refractivity contribution is 0.343. The van der Waals surface area contributed by atoms with E-state index in [1.54, 1.807) is 18.2 Å². The van der Waals surface area contributed by atoms with Crippen molar-refractivity contribution in [2.24, 2.45) is 0 Å². The summed E-state index contributed by atoms with van der Waals surface area (Å²) in [6.07, 6.45) is 2.10. The largest absolute Gasteiger partial charge is 0.281 e. The van der Waals surface area contributed by atoms with Gasteiger partial charge in [-0.25, -0.2) is 4.39 Å². The first-order chi connectivity index (χ1) is 13.2. The number of halogens is 1. The van der Waals surface area contributed by atoms with Gasteiger partial charge in [-0.1, -0.05) is 37.1 Å². The third-order valence-corrected chi connectivity index (χ3v) is 6.16. The predicted molar refractivity (Wildman–Crippen MR) is 108 cm³/mol. The molecular weight excluding hydrogens is 359 g/mol. The molecule has 138 valence electrons. The number of rotatable bonds is 4. The minimum Gasteiger partial charge on any atom is -0.281 e. The van der Waals surface area contributed by atoms with Crippen molar-refractivity contribution >= 4 is 22.9 Å². The van der Waals surface area contributed by atoms with Gasteiger partial charge in [0.1, 0.15) is 17.4 Å². The van der Waals surface area contributed by atoms with Crippen molar-refractivity contribution in [1.29, 1.82) is 5.26 Å². The molecule has 0 amide bonds. The molecule has 0 radical (unpaired) electrons. The number of hydrogen-bond donors (Lipinski definition) is 1. The molecule has 2 heterocycles. The van der Waals surface area contributed by atoms with Crippen molar-refractivity contribution in [3.05, 3.63) is 53.5 Å². The van der Waals surface area contributed by atoms with E-state index in [9.17, 15) is 9.65 Å². The summed E-state index contributed by atoms with van der Waals surface area (Å²) in [7, 11) is 0. The molecular formula is C21H21FN4S. The Labute approximate surface area is 162 Å². The summed E-state index contributed by atoms with van der Waals surface area (Å²) >= 11 is 1.89. The van der Waals surface area contributed by atoms with Crippen LogP contribution in [0.3, 0.4) is 0 Å². The fourth-order valence-electron chi connectivity index (χ4n) is 3.84. The third-order valence-electron chi connectivity index (χ3n) is 5.17. The molecule has 0 aliphatic carbocycles. The summed E-state index contributed by atoms with van der Waals surface area (Å²) < 4.78 is 16.7. The van der Waals surface area contributed by atoms with Gasteiger partial charge in [0.05, 0.1) is 5.56 Å². The van der Waals surface area contributed by atoms with Gasteiger partial charge in [-0.2, -0.15) is 10.4 Å². The molecule has 0 bridgehead atoms. The Hall–Kier alpha value is -2.36. The van der Waals surface area contributed by atoms with Crippen molar-refractivity contribution in [1.82, 2.24) is 14.5 Å². The van der Waals surface area contributed by atoms with Gasteiger partial charge in [-0.15, -0.1) is 0 Å². The SMILES string of the molecule is CCSN1CCC(c2[nH]nc3c(C#N)cc(-c4ccccc4F)cc23)CC1. The molecule has 0 atom stereocenters. The molecule has 4 rings (SSSR count). The van der Waals surface area contributed by atoms with Crippen LogP contribution in [0.15, 0.2) is 36.4 Å². The maximum Gasteiger partial charge on any atom is 0.131 e. The Bertz CT molecular complexity index is 999. The molecule has 1 aliphatic heterocycles. The third kappa shape index (κ3) is 3.45. The number of piperidine rings is 1. The highest BCUT2D eigenvalue weighted by atomic mass is 32.2. The molecule has 4 nitrogen and oxygen atoms in total. The van der Waals surface area contributed by atoms with Gasteiger partial charge in [-0.3, -0.25) is 9.40 Å². The van der Waals surface area contributed by atoms with Gasteiger partial charge in [0.25, 0.3) is 0 Å². The van der Waals surface area contributed by atoms with E-state index in [-0.39, 0.29) is 5.82 Å². The first-order valence-electron chi connectivity index (χ1n) is 9.26. The zero-order chi connectivity index (χ0) is 18.8. The highest BCUT2D eigenvalue weighted by Gasteiger charge is 2.25. The molecule has 6 heteroatoms. The van der Waals surface area contributed by atoms with Crippen LogP contribution in [0.2, 0.25) is 0 Å². The number of nitrogens with one attached hydrogen (secondary N) is 1. The van der Waals surface area contributed by atoms with E-state index in [0.29, 0.717) is 22.6 Å². The number of nitriles is 1. The van der Waals surface area contributed by atoms with Crippen LogP contribution in [0.25, 0.3) is 22.0 Å².